The van der Waals surface area contributed by atoms with E-state index in [4.69, 9.17) is 0 Å². The van der Waals surface area contributed by atoms with Crippen LogP contribution >= 0.6 is 0 Å². The van der Waals surface area contributed by atoms with Gasteiger partial charge in [-0.15, -0.1) is 0 Å². The van der Waals surface area contributed by atoms with Gasteiger partial charge in [0.05, 0.1) is 11.8 Å². The molecule has 1 amide bonds. The van der Waals surface area contributed by atoms with Crippen molar-refractivity contribution in [3.05, 3.63) is 48.5 Å². The van der Waals surface area contributed by atoms with Gasteiger partial charge in [-0.1, -0.05) is 0 Å². The summed E-state index contributed by atoms with van der Waals surface area (Å²) in [6.45, 7) is 0. The molecule has 0 aliphatic carbocycles. The number of benzene rings is 1. The molecule has 0 aliphatic rings. The highest BCUT2D eigenvalue weighted by Gasteiger charge is 2.06. The SMILES string of the molecule is CN(C)c1ccc2cc(NC(=O)CCc3cnc[nH]3)ccc2n1. The number of H-pyrrole nitrogens is 1. The number of nitrogens with one attached hydrogen (secondary N) is 2. The number of imidazole rings is 1. The topological polar surface area (TPSA) is 73.9 Å². The number of aromatic nitrogens is 3. The quantitative estimate of drug-likeness (QED) is 0.760. The first-order valence-corrected chi connectivity index (χ1v) is 7.47. The zero-order valence-electron chi connectivity index (χ0n) is 13.2. The molecule has 0 aliphatic heterocycles. The van der Waals surface area contributed by atoms with Crippen molar-refractivity contribution >= 4 is 28.3 Å². The molecular formula is C17H19N5O. The normalized spacial score (nSPS) is 10.7. The summed E-state index contributed by atoms with van der Waals surface area (Å²) in [5.41, 5.74) is 2.65. The zero-order chi connectivity index (χ0) is 16.2. The molecule has 0 radical (unpaired) electrons. The van der Waals surface area contributed by atoms with E-state index in [0.717, 1.165) is 28.1 Å². The van der Waals surface area contributed by atoms with Crippen LogP contribution < -0.4 is 10.2 Å². The van der Waals surface area contributed by atoms with Gasteiger partial charge in [0.1, 0.15) is 5.82 Å². The fourth-order valence-corrected chi connectivity index (χ4v) is 2.33. The molecule has 2 N–H and O–H groups in total. The van der Waals surface area contributed by atoms with Crippen molar-refractivity contribution in [2.24, 2.45) is 0 Å². The third-order valence-electron chi connectivity index (χ3n) is 3.59. The van der Waals surface area contributed by atoms with Crippen molar-refractivity contribution in [2.75, 3.05) is 24.3 Å². The summed E-state index contributed by atoms with van der Waals surface area (Å²) in [6.07, 6.45) is 4.41. The molecule has 118 valence electrons. The third-order valence-corrected chi connectivity index (χ3v) is 3.59. The second-order valence-corrected chi connectivity index (χ2v) is 5.60. The van der Waals surface area contributed by atoms with Gasteiger partial charge >= 0.3 is 0 Å². The van der Waals surface area contributed by atoms with Crippen LogP contribution in [0.4, 0.5) is 11.5 Å². The van der Waals surface area contributed by atoms with E-state index in [0.29, 0.717) is 12.8 Å². The van der Waals surface area contributed by atoms with Gasteiger partial charge in [0.25, 0.3) is 0 Å². The lowest BCUT2D eigenvalue weighted by Crippen LogP contribution is -2.12. The minimum Gasteiger partial charge on any atom is -0.363 e. The minimum atomic E-state index is -0.0168. The van der Waals surface area contributed by atoms with Crippen molar-refractivity contribution in [3.63, 3.8) is 0 Å². The Bertz CT molecular complexity index is 811. The standard InChI is InChI=1S/C17H19N5O/c1-22(2)16-7-3-12-9-13(4-6-15(12)21-16)20-17(23)8-5-14-10-18-11-19-14/h3-4,6-7,9-11H,5,8H2,1-2H3,(H,18,19)(H,20,23). The maximum absolute atomic E-state index is 12.0. The first kappa shape index (κ1) is 15.0. The Labute approximate surface area is 134 Å². The average Bonchev–Trinajstić information content (AvgIpc) is 3.06. The number of carbonyl (C=O) groups is 1. The predicted octanol–water partition coefficient (Wildman–Crippen LogP) is 2.60. The Kier molecular flexibility index (Phi) is 4.23. The zero-order valence-corrected chi connectivity index (χ0v) is 13.2. The number of carbonyl (C=O) groups excluding carboxylic acids is 1. The van der Waals surface area contributed by atoms with E-state index in [9.17, 15) is 4.79 Å². The minimum absolute atomic E-state index is 0.0168. The second-order valence-electron chi connectivity index (χ2n) is 5.60. The Hall–Kier alpha value is -2.89. The molecule has 3 aromatic rings. The van der Waals surface area contributed by atoms with E-state index >= 15 is 0 Å². The maximum atomic E-state index is 12.0. The summed E-state index contributed by atoms with van der Waals surface area (Å²) in [5, 5.41) is 3.92. The molecule has 6 nitrogen and oxygen atoms in total. The summed E-state index contributed by atoms with van der Waals surface area (Å²) >= 11 is 0. The summed E-state index contributed by atoms with van der Waals surface area (Å²) < 4.78 is 0. The van der Waals surface area contributed by atoms with Gasteiger partial charge < -0.3 is 15.2 Å². The summed E-state index contributed by atoms with van der Waals surface area (Å²) in [4.78, 5) is 25.5. The number of rotatable bonds is 5. The van der Waals surface area contributed by atoms with Crippen molar-refractivity contribution in [1.82, 2.24) is 15.0 Å². The molecule has 0 saturated carbocycles. The van der Waals surface area contributed by atoms with Crippen molar-refractivity contribution in [3.8, 4) is 0 Å². The highest BCUT2D eigenvalue weighted by molar-refractivity contribution is 5.93. The number of anilines is 2. The van der Waals surface area contributed by atoms with Gasteiger partial charge in [-0.3, -0.25) is 4.79 Å². The first-order chi connectivity index (χ1) is 11.1. The number of hydrogen-bond donors (Lipinski definition) is 2. The number of aromatic amines is 1. The number of amides is 1. The summed E-state index contributed by atoms with van der Waals surface area (Å²) in [7, 11) is 3.92. The Balaban J connectivity index is 1.68. The van der Waals surface area contributed by atoms with Crippen LogP contribution in [0, 0.1) is 0 Å². The molecule has 3 rings (SSSR count). The molecule has 0 atom stereocenters. The molecule has 2 heterocycles. The van der Waals surface area contributed by atoms with E-state index in [1.165, 1.54) is 0 Å². The summed E-state index contributed by atoms with van der Waals surface area (Å²) in [6, 6.07) is 9.72. The number of aryl methyl sites for hydroxylation is 1. The van der Waals surface area contributed by atoms with Gasteiger partial charge in [0.15, 0.2) is 0 Å². The predicted molar refractivity (Wildman–Crippen MR) is 91.6 cm³/mol. The van der Waals surface area contributed by atoms with Gasteiger partial charge in [-0.05, 0) is 36.8 Å². The molecule has 23 heavy (non-hydrogen) atoms. The fourth-order valence-electron chi connectivity index (χ4n) is 2.33. The van der Waals surface area contributed by atoms with E-state index < -0.39 is 0 Å². The van der Waals surface area contributed by atoms with Gasteiger partial charge in [0, 0.05) is 43.5 Å². The molecule has 0 saturated heterocycles. The average molecular weight is 309 g/mol. The first-order valence-electron chi connectivity index (χ1n) is 7.47. The van der Waals surface area contributed by atoms with Crippen LogP contribution in [0.25, 0.3) is 10.9 Å². The molecule has 1 aromatic carbocycles. The van der Waals surface area contributed by atoms with E-state index in [2.05, 4.69) is 20.3 Å². The van der Waals surface area contributed by atoms with Crippen molar-refractivity contribution in [1.29, 1.82) is 0 Å². The maximum Gasteiger partial charge on any atom is 0.224 e. The van der Waals surface area contributed by atoms with E-state index in [-0.39, 0.29) is 5.91 Å². The van der Waals surface area contributed by atoms with Gasteiger partial charge in [0.2, 0.25) is 5.91 Å². The Morgan fingerprint density at radius 1 is 1.26 bits per heavy atom. The number of hydrogen-bond acceptors (Lipinski definition) is 4. The Morgan fingerprint density at radius 3 is 2.87 bits per heavy atom. The monoisotopic (exact) mass is 309 g/mol. The lowest BCUT2D eigenvalue weighted by atomic mass is 10.2. The van der Waals surface area contributed by atoms with Crippen molar-refractivity contribution < 1.29 is 4.79 Å². The van der Waals surface area contributed by atoms with Crippen LogP contribution in [-0.2, 0) is 11.2 Å². The molecule has 6 heteroatoms. The number of fused-ring (bicyclic) bond motifs is 1. The highest BCUT2D eigenvalue weighted by Crippen LogP contribution is 2.20. The van der Waals surface area contributed by atoms with E-state index in [1.54, 1.807) is 12.5 Å². The van der Waals surface area contributed by atoms with Crippen LogP contribution in [0.2, 0.25) is 0 Å². The van der Waals surface area contributed by atoms with Crippen molar-refractivity contribution in [2.45, 2.75) is 12.8 Å². The molecule has 0 fully saturated rings. The van der Waals surface area contributed by atoms with E-state index in [1.807, 2.05) is 49.3 Å². The summed E-state index contributed by atoms with van der Waals surface area (Å²) in [5.74, 6) is 0.894. The largest absolute Gasteiger partial charge is 0.363 e. The number of pyridine rings is 1. The van der Waals surface area contributed by atoms with Crippen LogP contribution in [0.15, 0.2) is 42.9 Å². The molecule has 0 unspecified atom stereocenters. The lowest BCUT2D eigenvalue weighted by molar-refractivity contribution is -0.116. The fraction of sp³-hybridized carbons (Fsp3) is 0.235. The number of nitrogens with zero attached hydrogens (tertiary/aromatic N) is 3. The van der Waals surface area contributed by atoms with Gasteiger partial charge in [-0.25, -0.2) is 9.97 Å². The van der Waals surface area contributed by atoms with Crippen LogP contribution in [0.3, 0.4) is 0 Å². The molecule has 0 spiro atoms. The smallest absolute Gasteiger partial charge is 0.224 e. The van der Waals surface area contributed by atoms with Crippen LogP contribution in [0.1, 0.15) is 12.1 Å². The van der Waals surface area contributed by atoms with Crippen LogP contribution in [0.5, 0.6) is 0 Å². The lowest BCUT2D eigenvalue weighted by Gasteiger charge is -2.12. The molecular weight excluding hydrogens is 290 g/mol. The van der Waals surface area contributed by atoms with Gasteiger partial charge in [-0.2, -0.15) is 0 Å². The second kappa shape index (κ2) is 6.48. The molecule has 2 aromatic heterocycles. The molecule has 0 bridgehead atoms. The Morgan fingerprint density at radius 2 is 2.13 bits per heavy atom. The highest BCUT2D eigenvalue weighted by atomic mass is 16.1. The van der Waals surface area contributed by atoms with Crippen LogP contribution in [-0.4, -0.2) is 35.0 Å². The third kappa shape index (κ3) is 3.66.